The molecule has 0 aliphatic heterocycles. The summed E-state index contributed by atoms with van der Waals surface area (Å²) >= 11 is 0. The Balaban J connectivity index is 4.22. The van der Waals surface area contributed by atoms with E-state index in [0.717, 1.165) is 0 Å². The molecule has 0 spiro atoms. The minimum absolute atomic E-state index is 0.179. The normalized spacial score (nSPS) is 13.6. The summed E-state index contributed by atoms with van der Waals surface area (Å²) in [6.45, 7) is 3.09. The third-order valence-corrected chi connectivity index (χ3v) is 2.43. The van der Waals surface area contributed by atoms with E-state index in [1.54, 1.807) is 6.92 Å². The van der Waals surface area contributed by atoms with Crippen molar-refractivity contribution in [2.75, 3.05) is 13.1 Å². The molecule has 0 heterocycles. The zero-order valence-corrected chi connectivity index (χ0v) is 10.0. The van der Waals surface area contributed by atoms with E-state index in [1.807, 2.05) is 6.92 Å². The lowest BCUT2D eigenvalue weighted by Crippen LogP contribution is -2.49. The minimum Gasteiger partial charge on any atom is -0.480 e. The van der Waals surface area contributed by atoms with Crippen LogP contribution in [0.15, 0.2) is 0 Å². The maximum absolute atomic E-state index is 11.4. The molecule has 0 radical (unpaired) electrons. The lowest BCUT2D eigenvalue weighted by atomic mass is 9.99. The Morgan fingerprint density at radius 1 is 1.29 bits per heavy atom. The second kappa shape index (κ2) is 7.61. The molecule has 0 saturated carbocycles. The monoisotopic (exact) mass is 245 g/mol. The van der Waals surface area contributed by atoms with Gasteiger partial charge in [0, 0.05) is 0 Å². The topological polar surface area (TPSA) is 122 Å². The molecule has 5 N–H and O–H groups in total. The van der Waals surface area contributed by atoms with Gasteiger partial charge in [0.05, 0.1) is 13.1 Å². The fourth-order valence-corrected chi connectivity index (χ4v) is 1.16. The average molecular weight is 245 g/mol. The number of hydrogen-bond donors (Lipinski definition) is 4. The lowest BCUT2D eigenvalue weighted by molar-refractivity contribution is -0.143. The van der Waals surface area contributed by atoms with Crippen LogP contribution in [-0.4, -0.2) is 42.0 Å². The van der Waals surface area contributed by atoms with Gasteiger partial charge in [-0.15, -0.1) is 0 Å². The van der Waals surface area contributed by atoms with Gasteiger partial charge in [0.15, 0.2) is 0 Å². The second-order valence-electron chi connectivity index (χ2n) is 3.75. The SMILES string of the molecule is CC[C@@H](C)[C@@H](NC(=O)CNC(=O)CN)C(=O)O. The first-order chi connectivity index (χ1) is 7.92. The summed E-state index contributed by atoms with van der Waals surface area (Å²) in [5.74, 6) is -2.27. The van der Waals surface area contributed by atoms with Crippen molar-refractivity contribution in [2.24, 2.45) is 11.7 Å². The number of carbonyl (C=O) groups excluding carboxylic acids is 2. The molecule has 0 aliphatic carbocycles. The van der Waals surface area contributed by atoms with Gasteiger partial charge in [0.25, 0.3) is 0 Å². The molecule has 0 aromatic carbocycles. The molecule has 0 aliphatic rings. The Bertz CT molecular complexity index is 293. The summed E-state index contributed by atoms with van der Waals surface area (Å²) in [6, 6.07) is -0.942. The molecule has 0 saturated heterocycles. The Hall–Kier alpha value is -1.63. The van der Waals surface area contributed by atoms with Crippen molar-refractivity contribution in [3.63, 3.8) is 0 Å². The first kappa shape index (κ1) is 15.4. The predicted molar refractivity (Wildman–Crippen MR) is 61.1 cm³/mol. The van der Waals surface area contributed by atoms with Crippen LogP contribution in [0.4, 0.5) is 0 Å². The number of nitrogens with one attached hydrogen (secondary N) is 2. The predicted octanol–water partition coefficient (Wildman–Crippen LogP) is -1.32. The van der Waals surface area contributed by atoms with Gasteiger partial charge in [-0.2, -0.15) is 0 Å². The summed E-state index contributed by atoms with van der Waals surface area (Å²) in [6.07, 6.45) is 0.631. The zero-order valence-electron chi connectivity index (χ0n) is 10.0. The number of rotatable bonds is 7. The minimum atomic E-state index is -1.09. The molecule has 0 unspecified atom stereocenters. The molecule has 7 heteroatoms. The summed E-state index contributed by atoms with van der Waals surface area (Å²) in [4.78, 5) is 33.1. The molecule has 17 heavy (non-hydrogen) atoms. The Labute approximate surface area is 99.7 Å². The smallest absolute Gasteiger partial charge is 0.326 e. The van der Waals surface area contributed by atoms with Gasteiger partial charge in [-0.3, -0.25) is 9.59 Å². The van der Waals surface area contributed by atoms with E-state index < -0.39 is 23.8 Å². The highest BCUT2D eigenvalue weighted by molar-refractivity contribution is 5.88. The van der Waals surface area contributed by atoms with Crippen LogP contribution in [0.25, 0.3) is 0 Å². The highest BCUT2D eigenvalue weighted by Crippen LogP contribution is 2.07. The van der Waals surface area contributed by atoms with E-state index in [2.05, 4.69) is 10.6 Å². The zero-order chi connectivity index (χ0) is 13.4. The molecule has 2 atom stereocenters. The van der Waals surface area contributed by atoms with Crippen LogP contribution in [0.2, 0.25) is 0 Å². The number of nitrogens with two attached hydrogens (primary N) is 1. The van der Waals surface area contributed by atoms with Crippen LogP contribution in [-0.2, 0) is 14.4 Å². The van der Waals surface area contributed by atoms with Crippen LogP contribution in [0.3, 0.4) is 0 Å². The summed E-state index contributed by atoms with van der Waals surface area (Å²) in [5.41, 5.74) is 5.04. The van der Waals surface area contributed by atoms with E-state index in [1.165, 1.54) is 0 Å². The highest BCUT2D eigenvalue weighted by Gasteiger charge is 2.25. The fourth-order valence-electron chi connectivity index (χ4n) is 1.16. The Kier molecular flexibility index (Phi) is 6.88. The second-order valence-corrected chi connectivity index (χ2v) is 3.75. The summed E-state index contributed by atoms with van der Waals surface area (Å²) < 4.78 is 0. The third kappa shape index (κ3) is 5.86. The quantitative estimate of drug-likeness (QED) is 0.443. The van der Waals surface area contributed by atoms with E-state index in [9.17, 15) is 14.4 Å². The van der Waals surface area contributed by atoms with Crippen molar-refractivity contribution in [3.05, 3.63) is 0 Å². The molecular weight excluding hydrogens is 226 g/mol. The molecule has 2 amide bonds. The van der Waals surface area contributed by atoms with Crippen molar-refractivity contribution in [2.45, 2.75) is 26.3 Å². The standard InChI is InChI=1S/C10H19N3O4/c1-3-6(2)9(10(16)17)13-8(15)5-12-7(14)4-11/h6,9H,3-5,11H2,1-2H3,(H,12,14)(H,13,15)(H,16,17)/t6-,9-/m1/s1. The molecular formula is C10H19N3O4. The fraction of sp³-hybridized carbons (Fsp3) is 0.700. The van der Waals surface area contributed by atoms with Gasteiger partial charge < -0.3 is 21.5 Å². The van der Waals surface area contributed by atoms with Crippen LogP contribution < -0.4 is 16.4 Å². The maximum atomic E-state index is 11.4. The highest BCUT2D eigenvalue weighted by atomic mass is 16.4. The number of carbonyl (C=O) groups is 3. The first-order valence-electron chi connectivity index (χ1n) is 5.41. The average Bonchev–Trinajstić information content (AvgIpc) is 2.31. The molecule has 0 aromatic rings. The van der Waals surface area contributed by atoms with Gasteiger partial charge >= 0.3 is 5.97 Å². The molecule has 0 rings (SSSR count). The molecule has 7 nitrogen and oxygen atoms in total. The van der Waals surface area contributed by atoms with Crippen molar-refractivity contribution < 1.29 is 19.5 Å². The van der Waals surface area contributed by atoms with Crippen LogP contribution in [0.1, 0.15) is 20.3 Å². The van der Waals surface area contributed by atoms with Crippen molar-refractivity contribution in [3.8, 4) is 0 Å². The van der Waals surface area contributed by atoms with E-state index >= 15 is 0 Å². The number of hydrogen-bond acceptors (Lipinski definition) is 4. The number of aliphatic carboxylic acids is 1. The third-order valence-electron chi connectivity index (χ3n) is 2.43. The van der Waals surface area contributed by atoms with Gasteiger partial charge in [-0.05, 0) is 5.92 Å². The number of carboxylic acid groups (broad SMARTS) is 1. The summed E-state index contributed by atoms with van der Waals surface area (Å²) in [7, 11) is 0. The number of amides is 2. The van der Waals surface area contributed by atoms with Crippen LogP contribution >= 0.6 is 0 Å². The maximum Gasteiger partial charge on any atom is 0.326 e. The van der Waals surface area contributed by atoms with Crippen molar-refractivity contribution in [1.82, 2.24) is 10.6 Å². The lowest BCUT2D eigenvalue weighted by Gasteiger charge is -2.20. The number of carboxylic acids is 1. The molecule has 0 bridgehead atoms. The Morgan fingerprint density at radius 3 is 2.29 bits per heavy atom. The van der Waals surface area contributed by atoms with E-state index in [4.69, 9.17) is 10.8 Å². The van der Waals surface area contributed by atoms with E-state index in [-0.39, 0.29) is 19.0 Å². The molecule has 98 valence electrons. The first-order valence-corrected chi connectivity index (χ1v) is 5.41. The van der Waals surface area contributed by atoms with Crippen molar-refractivity contribution >= 4 is 17.8 Å². The van der Waals surface area contributed by atoms with Gasteiger partial charge in [0.2, 0.25) is 11.8 Å². The van der Waals surface area contributed by atoms with Crippen molar-refractivity contribution in [1.29, 1.82) is 0 Å². The van der Waals surface area contributed by atoms with E-state index in [0.29, 0.717) is 6.42 Å². The van der Waals surface area contributed by atoms with Crippen LogP contribution in [0, 0.1) is 5.92 Å². The molecule has 0 fully saturated rings. The van der Waals surface area contributed by atoms with Gasteiger partial charge in [-0.25, -0.2) is 4.79 Å². The van der Waals surface area contributed by atoms with Crippen LogP contribution in [0.5, 0.6) is 0 Å². The largest absolute Gasteiger partial charge is 0.480 e. The van der Waals surface area contributed by atoms with Gasteiger partial charge in [0.1, 0.15) is 6.04 Å². The summed E-state index contributed by atoms with van der Waals surface area (Å²) in [5, 5.41) is 13.5. The Morgan fingerprint density at radius 2 is 1.88 bits per heavy atom. The van der Waals surface area contributed by atoms with Gasteiger partial charge in [-0.1, -0.05) is 20.3 Å². The molecule has 0 aromatic heterocycles.